The van der Waals surface area contributed by atoms with E-state index in [0.717, 1.165) is 0 Å². The molecule has 0 atom stereocenters. The third kappa shape index (κ3) is 2.75. The molecule has 1 aromatic heterocycles. The zero-order chi connectivity index (χ0) is 13.0. The van der Waals surface area contributed by atoms with E-state index in [1.807, 2.05) is 0 Å². The number of hydrogen-bond donors (Lipinski definition) is 0. The quantitative estimate of drug-likeness (QED) is 0.481. The number of aromatic nitrogens is 1. The number of alkyl halides is 1. The van der Waals surface area contributed by atoms with Gasteiger partial charge in [-0.2, -0.15) is 0 Å². The molecule has 0 saturated heterocycles. The van der Waals surface area contributed by atoms with Crippen molar-refractivity contribution in [3.05, 3.63) is 58.4 Å². The van der Waals surface area contributed by atoms with Crippen LogP contribution in [0.3, 0.4) is 0 Å². The molecule has 5 nitrogen and oxygen atoms in total. The fourth-order valence-corrected chi connectivity index (χ4v) is 1.58. The van der Waals surface area contributed by atoms with Crippen molar-refractivity contribution >= 4 is 17.3 Å². The molecule has 0 radical (unpaired) electrons. The van der Waals surface area contributed by atoms with Gasteiger partial charge in [0, 0.05) is 18.1 Å². The molecule has 6 heteroatoms. The molecular weight excluding hydrogens is 256 g/mol. The summed E-state index contributed by atoms with van der Waals surface area (Å²) in [4.78, 5) is 14.3. The van der Waals surface area contributed by atoms with Crippen molar-refractivity contribution in [1.82, 2.24) is 4.98 Å². The number of nitro benzene ring substituents is 1. The largest absolute Gasteiger partial charge is 0.449 e. The Balaban J connectivity index is 2.35. The van der Waals surface area contributed by atoms with Gasteiger partial charge in [-0.05, 0) is 23.8 Å². The minimum Gasteiger partial charge on any atom is -0.449 e. The Morgan fingerprint density at radius 2 is 2.22 bits per heavy atom. The predicted octanol–water partition coefficient (Wildman–Crippen LogP) is 3.52. The Hall–Kier alpha value is -2.14. The zero-order valence-electron chi connectivity index (χ0n) is 9.25. The molecule has 1 heterocycles. The SMILES string of the molecule is O=[N+]([O-])c1cc(CCl)ccc1Oc1cccnc1. The Morgan fingerprint density at radius 1 is 1.39 bits per heavy atom. The second-order valence-corrected chi connectivity index (χ2v) is 3.75. The number of nitrogens with zero attached hydrogens (tertiary/aromatic N) is 2. The highest BCUT2D eigenvalue weighted by atomic mass is 35.5. The Bertz CT molecular complexity index is 561. The Morgan fingerprint density at radius 3 is 2.83 bits per heavy atom. The monoisotopic (exact) mass is 264 g/mol. The summed E-state index contributed by atoms with van der Waals surface area (Å²) >= 11 is 5.64. The lowest BCUT2D eigenvalue weighted by Gasteiger charge is -2.06. The molecule has 0 aliphatic heterocycles. The molecule has 0 fully saturated rings. The number of rotatable bonds is 4. The molecule has 0 saturated carbocycles. The lowest BCUT2D eigenvalue weighted by Crippen LogP contribution is -1.95. The number of halogens is 1. The van der Waals surface area contributed by atoms with Gasteiger partial charge in [0.2, 0.25) is 5.75 Å². The fraction of sp³-hybridized carbons (Fsp3) is 0.0833. The first-order valence-electron chi connectivity index (χ1n) is 5.12. The van der Waals surface area contributed by atoms with Gasteiger partial charge in [-0.1, -0.05) is 6.07 Å². The predicted molar refractivity (Wildman–Crippen MR) is 67.0 cm³/mol. The first-order valence-corrected chi connectivity index (χ1v) is 5.65. The van der Waals surface area contributed by atoms with E-state index in [2.05, 4.69) is 4.98 Å². The molecule has 0 N–H and O–H groups in total. The van der Waals surface area contributed by atoms with Crippen LogP contribution in [-0.4, -0.2) is 9.91 Å². The highest BCUT2D eigenvalue weighted by molar-refractivity contribution is 6.17. The third-order valence-corrected chi connectivity index (χ3v) is 2.55. The molecule has 1 aromatic carbocycles. The Kier molecular flexibility index (Phi) is 3.74. The topological polar surface area (TPSA) is 65.3 Å². The highest BCUT2D eigenvalue weighted by Gasteiger charge is 2.16. The summed E-state index contributed by atoms with van der Waals surface area (Å²) in [6, 6.07) is 7.98. The molecule has 0 spiro atoms. The van der Waals surface area contributed by atoms with E-state index in [4.69, 9.17) is 16.3 Å². The van der Waals surface area contributed by atoms with Crippen LogP contribution in [0.5, 0.6) is 11.5 Å². The van der Waals surface area contributed by atoms with Gasteiger partial charge in [-0.3, -0.25) is 15.1 Å². The first-order chi connectivity index (χ1) is 8.70. The maximum absolute atomic E-state index is 10.9. The van der Waals surface area contributed by atoms with Gasteiger partial charge < -0.3 is 4.74 Å². The van der Waals surface area contributed by atoms with E-state index in [0.29, 0.717) is 11.3 Å². The standard InChI is InChI=1S/C12H9ClN2O3/c13-7-9-3-4-12(11(6-9)15(16)17)18-10-2-1-5-14-8-10/h1-6,8H,7H2. The van der Waals surface area contributed by atoms with Crippen molar-refractivity contribution < 1.29 is 9.66 Å². The number of ether oxygens (including phenoxy) is 1. The summed E-state index contributed by atoms with van der Waals surface area (Å²) in [5.74, 6) is 0.828. The van der Waals surface area contributed by atoms with Crippen LogP contribution >= 0.6 is 11.6 Å². The number of hydrogen-bond acceptors (Lipinski definition) is 4. The van der Waals surface area contributed by atoms with E-state index >= 15 is 0 Å². The third-order valence-electron chi connectivity index (χ3n) is 2.24. The van der Waals surface area contributed by atoms with E-state index < -0.39 is 4.92 Å². The molecule has 2 aromatic rings. The van der Waals surface area contributed by atoms with Gasteiger partial charge in [-0.15, -0.1) is 11.6 Å². The Labute approximate surface area is 108 Å². The molecular formula is C12H9ClN2O3. The van der Waals surface area contributed by atoms with E-state index in [1.165, 1.54) is 18.3 Å². The molecule has 0 bridgehead atoms. The van der Waals surface area contributed by atoms with Gasteiger partial charge >= 0.3 is 5.69 Å². The summed E-state index contributed by atoms with van der Waals surface area (Å²) in [6.45, 7) is 0. The minimum absolute atomic E-state index is 0.114. The number of benzene rings is 1. The molecule has 0 amide bonds. The smallest absolute Gasteiger partial charge is 0.311 e. The van der Waals surface area contributed by atoms with Crippen molar-refractivity contribution in [2.75, 3.05) is 0 Å². The average molecular weight is 265 g/mol. The van der Waals surface area contributed by atoms with Crippen molar-refractivity contribution in [2.45, 2.75) is 5.88 Å². The van der Waals surface area contributed by atoms with Gasteiger partial charge in [0.05, 0.1) is 11.1 Å². The lowest BCUT2D eigenvalue weighted by molar-refractivity contribution is -0.385. The van der Waals surface area contributed by atoms with Crippen LogP contribution in [0.1, 0.15) is 5.56 Å². The van der Waals surface area contributed by atoms with E-state index in [1.54, 1.807) is 24.4 Å². The van der Waals surface area contributed by atoms with E-state index in [-0.39, 0.29) is 17.3 Å². The zero-order valence-corrected chi connectivity index (χ0v) is 10.0. The van der Waals surface area contributed by atoms with Gasteiger partial charge in [0.1, 0.15) is 5.75 Å². The normalized spacial score (nSPS) is 10.1. The van der Waals surface area contributed by atoms with Crippen molar-refractivity contribution in [3.8, 4) is 11.5 Å². The summed E-state index contributed by atoms with van der Waals surface area (Å²) in [6.07, 6.45) is 3.08. The minimum atomic E-state index is -0.498. The maximum atomic E-state index is 10.9. The van der Waals surface area contributed by atoms with Gasteiger partial charge in [0.25, 0.3) is 0 Å². The molecule has 2 rings (SSSR count). The second kappa shape index (κ2) is 5.46. The van der Waals surface area contributed by atoms with Crippen LogP contribution < -0.4 is 4.74 Å². The van der Waals surface area contributed by atoms with Crippen LogP contribution in [0, 0.1) is 10.1 Å². The fourth-order valence-electron chi connectivity index (χ4n) is 1.41. The first kappa shape index (κ1) is 12.3. The molecule has 0 unspecified atom stereocenters. The van der Waals surface area contributed by atoms with Gasteiger partial charge in [0.15, 0.2) is 0 Å². The van der Waals surface area contributed by atoms with Crippen LogP contribution in [0.2, 0.25) is 0 Å². The van der Waals surface area contributed by atoms with Crippen LogP contribution in [0.25, 0.3) is 0 Å². The second-order valence-electron chi connectivity index (χ2n) is 3.48. The van der Waals surface area contributed by atoms with Crippen molar-refractivity contribution in [3.63, 3.8) is 0 Å². The van der Waals surface area contributed by atoms with Crippen LogP contribution in [0.4, 0.5) is 5.69 Å². The average Bonchev–Trinajstić information content (AvgIpc) is 2.40. The number of nitro groups is 1. The summed E-state index contributed by atoms with van der Waals surface area (Å²) in [7, 11) is 0. The molecule has 18 heavy (non-hydrogen) atoms. The molecule has 0 aliphatic carbocycles. The molecule has 92 valence electrons. The maximum Gasteiger partial charge on any atom is 0.311 e. The lowest BCUT2D eigenvalue weighted by atomic mass is 10.2. The summed E-state index contributed by atoms with van der Waals surface area (Å²) in [5, 5.41) is 10.9. The van der Waals surface area contributed by atoms with E-state index in [9.17, 15) is 10.1 Å². The number of pyridine rings is 1. The van der Waals surface area contributed by atoms with Gasteiger partial charge in [-0.25, -0.2) is 0 Å². The highest BCUT2D eigenvalue weighted by Crippen LogP contribution is 2.32. The van der Waals surface area contributed by atoms with Crippen molar-refractivity contribution in [1.29, 1.82) is 0 Å². The van der Waals surface area contributed by atoms with Crippen molar-refractivity contribution in [2.24, 2.45) is 0 Å². The summed E-state index contributed by atoms with van der Waals surface area (Å²) < 4.78 is 5.42. The van der Waals surface area contributed by atoms with Crippen LogP contribution in [-0.2, 0) is 5.88 Å². The van der Waals surface area contributed by atoms with Crippen LogP contribution in [0.15, 0.2) is 42.7 Å². The summed E-state index contributed by atoms with van der Waals surface area (Å²) in [5.41, 5.74) is 0.555. The molecule has 0 aliphatic rings.